The molecule has 36 heavy (non-hydrogen) atoms. The van der Waals surface area contributed by atoms with Gasteiger partial charge in [-0.25, -0.2) is 14.6 Å². The summed E-state index contributed by atoms with van der Waals surface area (Å²) in [6.07, 6.45) is -4.68. The first kappa shape index (κ1) is 32.9. The van der Waals surface area contributed by atoms with Crippen LogP contribution in [0.5, 0.6) is 0 Å². The molecule has 1 heterocycles. The van der Waals surface area contributed by atoms with E-state index in [9.17, 15) is 33.0 Å². The standard InChI is InChI=1S/C18H32N4O7.C2HF3O2/c1-3-4-5-6-7-28-17(27)13-8-11(22-18(19)20)14(21-10(2)24)16(29-13)15(26)12(25)9-23;3-2(4,5)1(6)7/h8,11-12,14-16,23,25-26H,3-7,9H2,1-2H3,(H,21,24)(H4,19,20,22);(H,6,7)/t11?,12?,14?,15?,16-;/m1./s1. The minimum absolute atomic E-state index is 0.189. The summed E-state index contributed by atoms with van der Waals surface area (Å²) in [5, 5.41) is 39.0. The van der Waals surface area contributed by atoms with Crippen LogP contribution >= 0.6 is 0 Å². The van der Waals surface area contributed by atoms with Crippen molar-refractivity contribution in [1.82, 2.24) is 5.32 Å². The zero-order chi connectivity index (χ0) is 28.1. The molecule has 0 aromatic carbocycles. The molecule has 9 N–H and O–H groups in total. The van der Waals surface area contributed by atoms with Crippen molar-refractivity contribution in [1.29, 1.82) is 0 Å². The van der Waals surface area contributed by atoms with Crippen LogP contribution in [0, 0.1) is 0 Å². The number of carboxylic acid groups (broad SMARTS) is 1. The van der Waals surface area contributed by atoms with Crippen molar-refractivity contribution in [3.05, 3.63) is 11.8 Å². The molecule has 0 saturated heterocycles. The lowest BCUT2D eigenvalue weighted by molar-refractivity contribution is -0.192. The summed E-state index contributed by atoms with van der Waals surface area (Å²) in [4.78, 5) is 36.9. The van der Waals surface area contributed by atoms with E-state index in [1.807, 2.05) is 0 Å². The number of aliphatic carboxylic acids is 1. The lowest BCUT2D eigenvalue weighted by atomic mass is 9.92. The fraction of sp³-hybridized carbons (Fsp3) is 0.700. The number of halogens is 3. The number of rotatable bonds is 11. The normalized spacial score (nSPS) is 20.9. The molecule has 0 saturated carbocycles. The minimum Gasteiger partial charge on any atom is -0.478 e. The average Bonchev–Trinajstić information content (AvgIpc) is 2.77. The number of esters is 1. The third-order valence-corrected chi connectivity index (χ3v) is 4.57. The Morgan fingerprint density at radius 3 is 2.25 bits per heavy atom. The lowest BCUT2D eigenvalue weighted by Gasteiger charge is -2.38. The molecule has 16 heteroatoms. The first-order chi connectivity index (χ1) is 16.6. The van der Waals surface area contributed by atoms with E-state index in [2.05, 4.69) is 17.2 Å². The highest BCUT2D eigenvalue weighted by atomic mass is 19.4. The molecular weight excluding hydrogens is 497 g/mol. The van der Waals surface area contributed by atoms with E-state index in [4.69, 9.17) is 35.9 Å². The van der Waals surface area contributed by atoms with Crippen molar-refractivity contribution >= 4 is 23.8 Å². The Labute approximate surface area is 204 Å². The van der Waals surface area contributed by atoms with E-state index in [1.165, 1.54) is 13.0 Å². The van der Waals surface area contributed by atoms with Gasteiger partial charge in [0.05, 0.1) is 25.3 Å². The molecule has 4 unspecified atom stereocenters. The number of nitrogens with zero attached hydrogens (tertiary/aromatic N) is 1. The largest absolute Gasteiger partial charge is 0.490 e. The molecule has 0 radical (unpaired) electrons. The van der Waals surface area contributed by atoms with Crippen molar-refractivity contribution < 1.29 is 57.5 Å². The van der Waals surface area contributed by atoms with Crippen LogP contribution in [0.4, 0.5) is 13.2 Å². The monoisotopic (exact) mass is 530 g/mol. The van der Waals surface area contributed by atoms with E-state index in [0.717, 1.165) is 19.3 Å². The number of unbranched alkanes of at least 4 members (excludes halogenated alkanes) is 3. The molecule has 208 valence electrons. The van der Waals surface area contributed by atoms with Gasteiger partial charge in [-0.1, -0.05) is 26.2 Å². The van der Waals surface area contributed by atoms with Crippen LogP contribution in [-0.2, 0) is 23.9 Å². The summed E-state index contributed by atoms with van der Waals surface area (Å²) < 4.78 is 42.5. The predicted molar refractivity (Wildman–Crippen MR) is 118 cm³/mol. The van der Waals surface area contributed by atoms with Gasteiger partial charge in [0, 0.05) is 6.92 Å². The van der Waals surface area contributed by atoms with Gasteiger partial charge in [0.15, 0.2) is 5.96 Å². The second-order valence-electron chi connectivity index (χ2n) is 7.62. The summed E-state index contributed by atoms with van der Waals surface area (Å²) in [6.45, 7) is 2.73. The smallest absolute Gasteiger partial charge is 0.478 e. The number of guanidine groups is 1. The number of nitrogens with two attached hydrogens (primary N) is 2. The summed E-state index contributed by atoms with van der Waals surface area (Å²) in [5.74, 6) is -4.58. The number of hydrogen-bond donors (Lipinski definition) is 7. The number of carbonyl (C=O) groups is 3. The number of aliphatic hydroxyl groups excluding tert-OH is 3. The summed E-state index contributed by atoms with van der Waals surface area (Å²) >= 11 is 0. The van der Waals surface area contributed by atoms with Gasteiger partial charge in [-0.05, 0) is 12.5 Å². The zero-order valence-electron chi connectivity index (χ0n) is 19.8. The third kappa shape index (κ3) is 12.0. The minimum atomic E-state index is -5.08. The summed E-state index contributed by atoms with van der Waals surface area (Å²) in [7, 11) is 0. The number of alkyl halides is 3. The van der Waals surface area contributed by atoms with Gasteiger partial charge in [0.2, 0.25) is 11.7 Å². The molecule has 1 amide bonds. The zero-order valence-corrected chi connectivity index (χ0v) is 19.8. The van der Waals surface area contributed by atoms with Crippen LogP contribution in [0.3, 0.4) is 0 Å². The molecule has 13 nitrogen and oxygen atoms in total. The Hall–Kier alpha value is -3.11. The van der Waals surface area contributed by atoms with Crippen molar-refractivity contribution in [3.8, 4) is 0 Å². The number of amides is 1. The van der Waals surface area contributed by atoms with Crippen LogP contribution in [0.25, 0.3) is 0 Å². The number of carbonyl (C=O) groups excluding carboxylic acids is 2. The average molecular weight is 530 g/mol. The van der Waals surface area contributed by atoms with Crippen LogP contribution in [-0.4, -0.2) is 94.0 Å². The molecule has 0 aromatic rings. The van der Waals surface area contributed by atoms with Gasteiger partial charge in [-0.3, -0.25) is 4.79 Å². The van der Waals surface area contributed by atoms with E-state index in [-0.39, 0.29) is 18.3 Å². The molecule has 1 aliphatic rings. The predicted octanol–water partition coefficient (Wildman–Crippen LogP) is -1.11. The van der Waals surface area contributed by atoms with Gasteiger partial charge in [-0.15, -0.1) is 0 Å². The number of hydrogen-bond acceptors (Lipinski definition) is 9. The molecule has 0 aliphatic carbocycles. The summed E-state index contributed by atoms with van der Waals surface area (Å²) in [6, 6.07) is -1.97. The molecule has 0 bridgehead atoms. The van der Waals surface area contributed by atoms with Crippen molar-refractivity contribution in [2.24, 2.45) is 16.5 Å². The quantitative estimate of drug-likeness (QED) is 0.0733. The number of carboxylic acids is 1. The van der Waals surface area contributed by atoms with Crippen LogP contribution in [0.2, 0.25) is 0 Å². The lowest BCUT2D eigenvalue weighted by Crippen LogP contribution is -2.59. The first-order valence-corrected chi connectivity index (χ1v) is 10.8. The second-order valence-corrected chi connectivity index (χ2v) is 7.62. The fourth-order valence-electron chi connectivity index (χ4n) is 2.89. The molecule has 0 fully saturated rings. The highest BCUT2D eigenvalue weighted by Gasteiger charge is 2.44. The number of nitrogens with one attached hydrogen (secondary N) is 1. The Morgan fingerprint density at radius 1 is 1.22 bits per heavy atom. The molecule has 1 rings (SSSR count). The Bertz CT molecular complexity index is 789. The van der Waals surface area contributed by atoms with Crippen LogP contribution in [0.1, 0.15) is 39.5 Å². The van der Waals surface area contributed by atoms with E-state index < -0.39 is 61.0 Å². The number of aliphatic hydroxyl groups is 3. The first-order valence-electron chi connectivity index (χ1n) is 10.8. The molecule has 0 spiro atoms. The Balaban J connectivity index is 0.00000152. The van der Waals surface area contributed by atoms with Gasteiger partial charge < -0.3 is 46.7 Å². The maximum Gasteiger partial charge on any atom is 0.490 e. The van der Waals surface area contributed by atoms with Crippen molar-refractivity contribution in [3.63, 3.8) is 0 Å². The highest BCUT2D eigenvalue weighted by Crippen LogP contribution is 2.25. The SMILES string of the molecule is CCCCCCOC(=O)C1=CC(N=C(N)N)C(NC(C)=O)[C@H](C(O)C(O)CO)O1.O=C(O)C(F)(F)F. The highest BCUT2D eigenvalue weighted by molar-refractivity contribution is 5.87. The Morgan fingerprint density at radius 2 is 1.81 bits per heavy atom. The molecule has 5 atom stereocenters. The van der Waals surface area contributed by atoms with E-state index in [1.54, 1.807) is 0 Å². The maximum atomic E-state index is 12.4. The number of ether oxygens (including phenoxy) is 2. The van der Waals surface area contributed by atoms with Gasteiger partial charge in [0.25, 0.3) is 0 Å². The number of aliphatic imine (C=N–C) groups is 1. The van der Waals surface area contributed by atoms with Gasteiger partial charge in [0.1, 0.15) is 18.3 Å². The van der Waals surface area contributed by atoms with Gasteiger partial charge >= 0.3 is 18.1 Å². The van der Waals surface area contributed by atoms with Crippen LogP contribution < -0.4 is 16.8 Å². The van der Waals surface area contributed by atoms with Crippen molar-refractivity contribution in [2.45, 2.75) is 76.1 Å². The van der Waals surface area contributed by atoms with E-state index in [0.29, 0.717) is 6.42 Å². The second kappa shape index (κ2) is 15.8. The molecule has 0 aromatic heterocycles. The topological polar surface area (TPSA) is 227 Å². The molecular formula is C20H33F3N4O9. The van der Waals surface area contributed by atoms with Gasteiger partial charge in [-0.2, -0.15) is 13.2 Å². The Kier molecular flexibility index (Phi) is 14.4. The van der Waals surface area contributed by atoms with E-state index >= 15 is 0 Å². The molecule has 1 aliphatic heterocycles. The summed E-state index contributed by atoms with van der Waals surface area (Å²) in [5.41, 5.74) is 10.9. The van der Waals surface area contributed by atoms with Crippen molar-refractivity contribution in [2.75, 3.05) is 13.2 Å². The fourth-order valence-corrected chi connectivity index (χ4v) is 2.89. The maximum absolute atomic E-state index is 12.4. The van der Waals surface area contributed by atoms with Crippen LogP contribution in [0.15, 0.2) is 16.8 Å². The third-order valence-electron chi connectivity index (χ3n) is 4.57.